The highest BCUT2D eigenvalue weighted by Gasteiger charge is 2.16. The number of aliphatic imine (C=N–C) groups is 1. The van der Waals surface area contributed by atoms with Crippen LogP contribution in [-0.2, 0) is 13.0 Å². The van der Waals surface area contributed by atoms with E-state index in [1.54, 1.807) is 20.2 Å². The van der Waals surface area contributed by atoms with Gasteiger partial charge in [0.05, 0.1) is 5.02 Å². The molecule has 1 aliphatic rings. The second-order valence-electron chi connectivity index (χ2n) is 6.48. The fraction of sp³-hybridized carbons (Fsp3) is 0.333. The average Bonchev–Trinajstić information content (AvgIpc) is 2.75. The molecule has 1 aliphatic heterocycles. The van der Waals surface area contributed by atoms with E-state index in [0.717, 1.165) is 17.5 Å². The molecular formula is C21H26ClIN4O3. The normalized spacial score (nSPS) is 12.6. The molecule has 0 unspecified atom stereocenters. The van der Waals surface area contributed by atoms with E-state index in [2.05, 4.69) is 20.9 Å². The summed E-state index contributed by atoms with van der Waals surface area (Å²) in [5.41, 5.74) is 2.70. The van der Waals surface area contributed by atoms with Gasteiger partial charge in [-0.15, -0.1) is 24.0 Å². The largest absolute Gasteiger partial charge is 0.486 e. The summed E-state index contributed by atoms with van der Waals surface area (Å²) in [4.78, 5) is 16.0. The summed E-state index contributed by atoms with van der Waals surface area (Å²) in [5.74, 6) is 1.86. The minimum atomic E-state index is -0.0876. The van der Waals surface area contributed by atoms with Crippen molar-refractivity contribution in [2.75, 3.05) is 33.9 Å². The van der Waals surface area contributed by atoms with Crippen LogP contribution >= 0.6 is 35.6 Å². The molecule has 2 aromatic rings. The second-order valence-corrected chi connectivity index (χ2v) is 6.89. The SMILES string of the molecule is CN=C(NCCc1cccc(C(=O)NC)c1)NCc1cc(Cl)c2c(c1)OCCO2.I. The van der Waals surface area contributed by atoms with Gasteiger partial charge in [0, 0.05) is 32.7 Å². The van der Waals surface area contributed by atoms with Gasteiger partial charge in [-0.05, 0) is 41.8 Å². The molecule has 0 fully saturated rings. The smallest absolute Gasteiger partial charge is 0.251 e. The van der Waals surface area contributed by atoms with Crippen LogP contribution in [0.15, 0.2) is 41.4 Å². The first kappa shape index (κ1) is 24.1. The van der Waals surface area contributed by atoms with E-state index >= 15 is 0 Å². The van der Waals surface area contributed by atoms with Crippen molar-refractivity contribution in [2.24, 2.45) is 4.99 Å². The summed E-state index contributed by atoms with van der Waals surface area (Å²) < 4.78 is 11.2. The zero-order valence-electron chi connectivity index (χ0n) is 17.0. The summed E-state index contributed by atoms with van der Waals surface area (Å²) in [6.45, 7) is 2.25. The zero-order valence-corrected chi connectivity index (χ0v) is 20.0. The molecule has 30 heavy (non-hydrogen) atoms. The Hall–Kier alpha value is -2.20. The molecule has 0 aromatic heterocycles. The number of hydrogen-bond acceptors (Lipinski definition) is 4. The molecule has 9 heteroatoms. The molecule has 162 valence electrons. The summed E-state index contributed by atoms with van der Waals surface area (Å²) in [7, 11) is 3.35. The van der Waals surface area contributed by atoms with Gasteiger partial charge in [0.1, 0.15) is 13.2 Å². The lowest BCUT2D eigenvalue weighted by Gasteiger charge is -2.20. The molecule has 0 saturated carbocycles. The van der Waals surface area contributed by atoms with E-state index in [4.69, 9.17) is 21.1 Å². The summed E-state index contributed by atoms with van der Waals surface area (Å²) in [6, 6.07) is 11.4. The van der Waals surface area contributed by atoms with Crippen LogP contribution in [0.2, 0.25) is 5.02 Å². The van der Waals surface area contributed by atoms with Crippen molar-refractivity contribution in [3.05, 3.63) is 58.1 Å². The van der Waals surface area contributed by atoms with E-state index in [0.29, 0.717) is 54.3 Å². The van der Waals surface area contributed by atoms with E-state index in [1.807, 2.05) is 30.3 Å². The third kappa shape index (κ3) is 6.40. The van der Waals surface area contributed by atoms with Crippen molar-refractivity contribution >= 4 is 47.4 Å². The maximum absolute atomic E-state index is 11.7. The number of guanidine groups is 1. The van der Waals surface area contributed by atoms with Crippen molar-refractivity contribution in [1.82, 2.24) is 16.0 Å². The van der Waals surface area contributed by atoms with Gasteiger partial charge >= 0.3 is 0 Å². The fourth-order valence-electron chi connectivity index (χ4n) is 3.01. The molecule has 0 atom stereocenters. The van der Waals surface area contributed by atoms with Gasteiger partial charge in [-0.2, -0.15) is 0 Å². The maximum atomic E-state index is 11.7. The van der Waals surface area contributed by atoms with Crippen LogP contribution in [0.5, 0.6) is 11.5 Å². The number of nitrogens with one attached hydrogen (secondary N) is 3. The van der Waals surface area contributed by atoms with E-state index in [9.17, 15) is 4.79 Å². The number of halogens is 2. The Bertz CT molecular complexity index is 908. The Kier molecular flexibility index (Phi) is 9.51. The van der Waals surface area contributed by atoms with E-state index < -0.39 is 0 Å². The molecule has 2 aromatic carbocycles. The van der Waals surface area contributed by atoms with Gasteiger partial charge < -0.3 is 25.4 Å². The predicted octanol–water partition coefficient (Wildman–Crippen LogP) is 3.00. The third-order valence-corrected chi connectivity index (χ3v) is 4.74. The molecule has 3 rings (SSSR count). The van der Waals surface area contributed by atoms with Gasteiger partial charge in [0.25, 0.3) is 5.91 Å². The van der Waals surface area contributed by atoms with Crippen LogP contribution in [0.25, 0.3) is 0 Å². The van der Waals surface area contributed by atoms with Crippen molar-refractivity contribution < 1.29 is 14.3 Å². The lowest BCUT2D eigenvalue weighted by Crippen LogP contribution is -2.37. The number of carbonyl (C=O) groups is 1. The molecule has 1 amide bonds. The molecule has 7 nitrogen and oxygen atoms in total. The van der Waals surface area contributed by atoms with Crippen LogP contribution in [0.3, 0.4) is 0 Å². The van der Waals surface area contributed by atoms with Crippen molar-refractivity contribution in [2.45, 2.75) is 13.0 Å². The molecule has 0 aliphatic carbocycles. The number of fused-ring (bicyclic) bond motifs is 1. The van der Waals surface area contributed by atoms with Crippen molar-refractivity contribution in [3.63, 3.8) is 0 Å². The standard InChI is InChI=1S/C21H25ClN4O3.HI/c1-23-20(27)16-5-3-4-14(10-16)6-7-25-21(24-2)26-13-15-11-17(22)19-18(12-15)28-8-9-29-19;/h3-5,10-12H,6-9,13H2,1-2H3,(H,23,27)(H2,24,25,26);1H. The van der Waals surface area contributed by atoms with E-state index in [1.165, 1.54) is 0 Å². The first-order valence-electron chi connectivity index (χ1n) is 9.44. The van der Waals surface area contributed by atoms with Crippen molar-refractivity contribution in [3.8, 4) is 11.5 Å². The predicted molar refractivity (Wildman–Crippen MR) is 130 cm³/mol. The number of hydrogen-bond donors (Lipinski definition) is 3. The van der Waals surface area contributed by atoms with E-state index in [-0.39, 0.29) is 29.9 Å². The molecule has 0 saturated heterocycles. The maximum Gasteiger partial charge on any atom is 0.251 e. The quantitative estimate of drug-likeness (QED) is 0.296. The fourth-order valence-corrected chi connectivity index (χ4v) is 3.30. The topological polar surface area (TPSA) is 84.0 Å². The highest BCUT2D eigenvalue weighted by molar-refractivity contribution is 14.0. The first-order valence-corrected chi connectivity index (χ1v) is 9.82. The summed E-state index contributed by atoms with van der Waals surface area (Å²) in [5, 5.41) is 9.72. The Morgan fingerprint density at radius 1 is 1.13 bits per heavy atom. The van der Waals surface area contributed by atoms with Crippen LogP contribution in [0.4, 0.5) is 0 Å². The molecule has 1 heterocycles. The number of nitrogens with zero attached hydrogens (tertiary/aromatic N) is 1. The Morgan fingerprint density at radius 2 is 1.93 bits per heavy atom. The monoisotopic (exact) mass is 544 g/mol. The minimum Gasteiger partial charge on any atom is -0.486 e. The highest BCUT2D eigenvalue weighted by atomic mass is 127. The average molecular weight is 545 g/mol. The lowest BCUT2D eigenvalue weighted by molar-refractivity contribution is 0.0963. The number of rotatable bonds is 6. The van der Waals surface area contributed by atoms with Gasteiger partial charge in [0.2, 0.25) is 0 Å². The van der Waals surface area contributed by atoms with Crippen molar-refractivity contribution in [1.29, 1.82) is 0 Å². The van der Waals surface area contributed by atoms with Gasteiger partial charge in [-0.3, -0.25) is 9.79 Å². The number of benzene rings is 2. The van der Waals surface area contributed by atoms with Gasteiger partial charge in [-0.1, -0.05) is 23.7 Å². The molecular weight excluding hydrogens is 519 g/mol. The Balaban J connectivity index is 0.00000320. The van der Waals surface area contributed by atoms with Crippen LogP contribution in [0, 0.1) is 0 Å². The van der Waals surface area contributed by atoms with Gasteiger partial charge in [-0.25, -0.2) is 0 Å². The summed E-state index contributed by atoms with van der Waals surface area (Å²) in [6.07, 6.45) is 0.765. The number of ether oxygens (including phenoxy) is 2. The first-order chi connectivity index (χ1) is 14.1. The van der Waals surface area contributed by atoms with Crippen LogP contribution in [-0.4, -0.2) is 45.7 Å². The number of carbonyl (C=O) groups excluding carboxylic acids is 1. The zero-order chi connectivity index (χ0) is 20.6. The molecule has 0 bridgehead atoms. The van der Waals surface area contributed by atoms with Crippen LogP contribution < -0.4 is 25.4 Å². The highest BCUT2D eigenvalue weighted by Crippen LogP contribution is 2.38. The molecule has 0 spiro atoms. The minimum absolute atomic E-state index is 0. The number of amides is 1. The second kappa shape index (κ2) is 11.8. The molecule has 0 radical (unpaired) electrons. The lowest BCUT2D eigenvalue weighted by atomic mass is 10.1. The van der Waals surface area contributed by atoms with Crippen LogP contribution in [0.1, 0.15) is 21.5 Å². The Labute approximate surface area is 198 Å². The van der Waals surface area contributed by atoms with Gasteiger partial charge in [0.15, 0.2) is 17.5 Å². The Morgan fingerprint density at radius 3 is 2.70 bits per heavy atom. The third-order valence-electron chi connectivity index (χ3n) is 4.46. The summed E-state index contributed by atoms with van der Waals surface area (Å²) >= 11 is 6.29. The molecule has 3 N–H and O–H groups in total.